The van der Waals surface area contributed by atoms with E-state index >= 15 is 0 Å². The first-order valence-corrected chi connectivity index (χ1v) is 4.21. The van der Waals surface area contributed by atoms with Crippen LogP contribution in [-0.2, 0) is 14.3 Å². The van der Waals surface area contributed by atoms with Crippen LogP contribution in [0.15, 0.2) is 0 Å². The van der Waals surface area contributed by atoms with Crippen molar-refractivity contribution in [3.05, 3.63) is 0 Å². The fraction of sp³-hybridized carbons (Fsp3) is 0.714. The van der Waals surface area contributed by atoms with Crippen LogP contribution in [0, 0.1) is 0 Å². The molecule has 3 nitrogen and oxygen atoms in total. The van der Waals surface area contributed by atoms with Crippen LogP contribution in [-0.4, -0.2) is 22.9 Å². The van der Waals surface area contributed by atoms with E-state index in [4.69, 9.17) is 4.74 Å². The van der Waals surface area contributed by atoms with Gasteiger partial charge in [0, 0.05) is 19.1 Å². The SMILES string of the molecule is CC(=O)OCC(C)SC(C)=O. The fourth-order valence-electron chi connectivity index (χ4n) is 0.552. The summed E-state index contributed by atoms with van der Waals surface area (Å²) in [4.78, 5) is 20.8. The molecule has 0 saturated heterocycles. The van der Waals surface area contributed by atoms with Crippen LogP contribution in [0.5, 0.6) is 0 Å². The van der Waals surface area contributed by atoms with E-state index < -0.39 is 0 Å². The molecule has 0 N–H and O–H groups in total. The van der Waals surface area contributed by atoms with Crippen LogP contribution in [0.3, 0.4) is 0 Å². The molecule has 1 unspecified atom stereocenters. The number of esters is 1. The lowest BCUT2D eigenvalue weighted by Gasteiger charge is -2.07. The van der Waals surface area contributed by atoms with Crippen LogP contribution in [0.25, 0.3) is 0 Å². The van der Waals surface area contributed by atoms with E-state index in [1.54, 1.807) is 0 Å². The molecule has 4 heteroatoms. The monoisotopic (exact) mass is 176 g/mol. The molecule has 0 spiro atoms. The zero-order valence-electron chi connectivity index (χ0n) is 6.92. The van der Waals surface area contributed by atoms with E-state index in [1.165, 1.54) is 25.6 Å². The van der Waals surface area contributed by atoms with Gasteiger partial charge in [-0.15, -0.1) is 0 Å². The van der Waals surface area contributed by atoms with Crippen molar-refractivity contribution in [2.75, 3.05) is 6.61 Å². The van der Waals surface area contributed by atoms with Gasteiger partial charge in [0.05, 0.1) is 0 Å². The highest BCUT2D eigenvalue weighted by atomic mass is 32.2. The van der Waals surface area contributed by atoms with Gasteiger partial charge in [0.25, 0.3) is 0 Å². The van der Waals surface area contributed by atoms with Crippen molar-refractivity contribution < 1.29 is 14.3 Å². The third kappa shape index (κ3) is 7.39. The van der Waals surface area contributed by atoms with Crippen LogP contribution < -0.4 is 0 Å². The minimum Gasteiger partial charge on any atom is -0.465 e. The second kappa shape index (κ2) is 5.18. The third-order valence-corrected chi connectivity index (χ3v) is 1.76. The van der Waals surface area contributed by atoms with Crippen molar-refractivity contribution in [3.63, 3.8) is 0 Å². The molecule has 0 aliphatic carbocycles. The molecule has 0 amide bonds. The average molecular weight is 176 g/mol. The standard InChI is InChI=1S/C7H12O3S/c1-5(11-7(3)9)4-10-6(2)8/h5H,4H2,1-3H3. The average Bonchev–Trinajstić information content (AvgIpc) is 1.82. The fourth-order valence-corrected chi connectivity index (χ4v) is 1.25. The quantitative estimate of drug-likeness (QED) is 0.606. The highest BCUT2D eigenvalue weighted by Gasteiger charge is 2.06. The van der Waals surface area contributed by atoms with Gasteiger partial charge in [-0.2, -0.15) is 0 Å². The Kier molecular flexibility index (Phi) is 4.94. The lowest BCUT2D eigenvalue weighted by Crippen LogP contribution is -2.12. The predicted octanol–water partition coefficient (Wildman–Crippen LogP) is 1.22. The summed E-state index contributed by atoms with van der Waals surface area (Å²) >= 11 is 1.18. The second-order valence-corrected chi connectivity index (χ2v) is 3.84. The van der Waals surface area contributed by atoms with Gasteiger partial charge in [-0.25, -0.2) is 0 Å². The summed E-state index contributed by atoms with van der Waals surface area (Å²) < 4.78 is 4.69. The molecular formula is C7H12O3S. The summed E-state index contributed by atoms with van der Waals surface area (Å²) in [6, 6.07) is 0. The van der Waals surface area contributed by atoms with Crippen LogP contribution in [0.4, 0.5) is 0 Å². The first-order valence-electron chi connectivity index (χ1n) is 3.33. The molecule has 1 atom stereocenters. The molecule has 0 aliphatic rings. The molecule has 0 aliphatic heterocycles. The minimum absolute atomic E-state index is 0.0460. The van der Waals surface area contributed by atoms with E-state index in [-0.39, 0.29) is 16.3 Å². The highest BCUT2D eigenvalue weighted by Crippen LogP contribution is 2.10. The summed E-state index contributed by atoms with van der Waals surface area (Å²) in [5.74, 6) is -0.305. The van der Waals surface area contributed by atoms with Crippen molar-refractivity contribution in [1.82, 2.24) is 0 Å². The normalized spacial score (nSPS) is 12.3. The Hall–Kier alpha value is -0.510. The van der Waals surface area contributed by atoms with Gasteiger partial charge in [-0.3, -0.25) is 9.59 Å². The number of carbonyl (C=O) groups is 2. The Morgan fingerprint density at radius 2 is 2.00 bits per heavy atom. The first kappa shape index (κ1) is 10.5. The van der Waals surface area contributed by atoms with E-state index in [0.29, 0.717) is 6.61 Å². The van der Waals surface area contributed by atoms with Gasteiger partial charge in [0.1, 0.15) is 6.61 Å². The van der Waals surface area contributed by atoms with E-state index in [1.807, 2.05) is 6.92 Å². The maximum Gasteiger partial charge on any atom is 0.302 e. The van der Waals surface area contributed by atoms with Gasteiger partial charge in [-0.1, -0.05) is 11.8 Å². The first-order chi connectivity index (χ1) is 5.02. The van der Waals surface area contributed by atoms with Gasteiger partial charge < -0.3 is 4.74 Å². The molecule has 0 fully saturated rings. The number of hydrogen-bond acceptors (Lipinski definition) is 4. The molecular weight excluding hydrogens is 164 g/mol. The minimum atomic E-state index is -0.305. The number of hydrogen-bond donors (Lipinski definition) is 0. The lowest BCUT2D eigenvalue weighted by molar-refractivity contribution is -0.140. The summed E-state index contributed by atoms with van der Waals surface area (Å²) in [6.07, 6.45) is 0. The van der Waals surface area contributed by atoms with Crippen molar-refractivity contribution in [1.29, 1.82) is 0 Å². The summed E-state index contributed by atoms with van der Waals surface area (Å²) in [7, 11) is 0. The number of ether oxygens (including phenoxy) is 1. The summed E-state index contributed by atoms with van der Waals surface area (Å²) in [6.45, 7) is 4.99. The summed E-state index contributed by atoms with van der Waals surface area (Å²) in [5, 5.41) is 0.0982. The van der Waals surface area contributed by atoms with Crippen molar-refractivity contribution >= 4 is 22.8 Å². The van der Waals surface area contributed by atoms with Gasteiger partial charge >= 0.3 is 5.97 Å². The largest absolute Gasteiger partial charge is 0.465 e. The summed E-state index contributed by atoms with van der Waals surface area (Å²) in [5.41, 5.74) is 0. The maximum atomic E-state index is 10.5. The molecule has 0 heterocycles. The molecule has 0 bridgehead atoms. The van der Waals surface area contributed by atoms with E-state index in [9.17, 15) is 9.59 Å². The number of rotatable bonds is 3. The molecule has 11 heavy (non-hydrogen) atoms. The van der Waals surface area contributed by atoms with E-state index in [0.717, 1.165) is 0 Å². The Morgan fingerprint density at radius 3 is 2.36 bits per heavy atom. The zero-order chi connectivity index (χ0) is 8.85. The Bertz CT molecular complexity index is 156. The number of thioether (sulfide) groups is 1. The Morgan fingerprint density at radius 1 is 1.45 bits per heavy atom. The van der Waals surface area contributed by atoms with Crippen molar-refractivity contribution in [3.8, 4) is 0 Å². The Balaban J connectivity index is 3.44. The molecule has 0 aromatic heterocycles. The molecule has 0 radical (unpaired) electrons. The lowest BCUT2D eigenvalue weighted by atomic mass is 10.5. The zero-order valence-corrected chi connectivity index (χ0v) is 7.73. The maximum absolute atomic E-state index is 10.5. The Labute approximate surface area is 70.5 Å². The molecule has 64 valence electrons. The highest BCUT2D eigenvalue weighted by molar-refractivity contribution is 8.14. The van der Waals surface area contributed by atoms with Gasteiger partial charge in [0.15, 0.2) is 5.12 Å². The van der Waals surface area contributed by atoms with Gasteiger partial charge in [0.2, 0.25) is 0 Å². The van der Waals surface area contributed by atoms with Crippen molar-refractivity contribution in [2.24, 2.45) is 0 Å². The van der Waals surface area contributed by atoms with Crippen LogP contribution >= 0.6 is 11.8 Å². The molecule has 0 rings (SSSR count). The van der Waals surface area contributed by atoms with Crippen LogP contribution in [0.2, 0.25) is 0 Å². The predicted molar refractivity (Wildman–Crippen MR) is 44.4 cm³/mol. The molecule has 0 aromatic carbocycles. The van der Waals surface area contributed by atoms with Gasteiger partial charge in [-0.05, 0) is 6.92 Å². The topological polar surface area (TPSA) is 43.4 Å². The number of carbonyl (C=O) groups excluding carboxylic acids is 2. The second-order valence-electron chi connectivity index (χ2n) is 2.22. The van der Waals surface area contributed by atoms with Crippen LogP contribution in [0.1, 0.15) is 20.8 Å². The molecule has 0 aromatic rings. The smallest absolute Gasteiger partial charge is 0.302 e. The van der Waals surface area contributed by atoms with Crippen molar-refractivity contribution in [2.45, 2.75) is 26.0 Å². The third-order valence-electron chi connectivity index (χ3n) is 0.888. The van der Waals surface area contributed by atoms with E-state index in [2.05, 4.69) is 0 Å². The molecule has 0 saturated carbocycles.